The second-order valence-electron chi connectivity index (χ2n) is 4.77. The van der Waals surface area contributed by atoms with Crippen LogP contribution in [0, 0.1) is 0 Å². The Labute approximate surface area is 111 Å². The fourth-order valence-corrected chi connectivity index (χ4v) is 2.30. The van der Waals surface area contributed by atoms with Crippen molar-refractivity contribution >= 4 is 12.6 Å². The molecule has 0 saturated heterocycles. The van der Waals surface area contributed by atoms with Gasteiger partial charge in [0, 0.05) is 19.6 Å². The lowest BCUT2D eigenvalue weighted by atomic mass is 9.80. The molecular formula is C12H15BN4O2. The van der Waals surface area contributed by atoms with E-state index < -0.39 is 7.12 Å². The van der Waals surface area contributed by atoms with Gasteiger partial charge in [-0.25, -0.2) is 0 Å². The first kappa shape index (κ1) is 12.3. The SMILES string of the molecule is OB(O)c1ccc(CN2CCn3cnnc3C2)cc1. The largest absolute Gasteiger partial charge is 0.488 e. The molecule has 3 rings (SSSR count). The number of rotatable bonds is 3. The molecule has 0 unspecified atom stereocenters. The number of aromatic nitrogens is 3. The smallest absolute Gasteiger partial charge is 0.423 e. The average molecular weight is 258 g/mol. The maximum absolute atomic E-state index is 9.05. The summed E-state index contributed by atoms with van der Waals surface area (Å²) >= 11 is 0. The first-order chi connectivity index (χ1) is 9.22. The third-order valence-corrected chi connectivity index (χ3v) is 3.40. The lowest BCUT2D eigenvalue weighted by molar-refractivity contribution is 0.209. The molecule has 0 amide bonds. The van der Waals surface area contributed by atoms with Crippen molar-refractivity contribution < 1.29 is 10.0 Å². The van der Waals surface area contributed by atoms with Crippen LogP contribution < -0.4 is 5.46 Å². The van der Waals surface area contributed by atoms with Crippen LogP contribution in [0.2, 0.25) is 0 Å². The van der Waals surface area contributed by atoms with Gasteiger partial charge in [0.1, 0.15) is 12.2 Å². The third-order valence-electron chi connectivity index (χ3n) is 3.40. The van der Waals surface area contributed by atoms with Crippen LogP contribution in [0.5, 0.6) is 0 Å². The van der Waals surface area contributed by atoms with Crippen LogP contribution in [0.4, 0.5) is 0 Å². The number of hydrogen-bond donors (Lipinski definition) is 2. The predicted octanol–water partition coefficient (Wildman–Crippen LogP) is -1.03. The molecule has 0 aliphatic carbocycles. The molecular weight excluding hydrogens is 243 g/mol. The molecule has 1 aliphatic rings. The Hall–Kier alpha value is -1.70. The summed E-state index contributed by atoms with van der Waals surface area (Å²) < 4.78 is 2.07. The Morgan fingerprint density at radius 2 is 1.95 bits per heavy atom. The van der Waals surface area contributed by atoms with E-state index in [4.69, 9.17) is 10.0 Å². The normalized spacial score (nSPS) is 15.3. The van der Waals surface area contributed by atoms with E-state index in [2.05, 4.69) is 19.7 Å². The van der Waals surface area contributed by atoms with Gasteiger partial charge in [0.25, 0.3) is 0 Å². The Bertz CT molecular complexity index is 555. The van der Waals surface area contributed by atoms with Crippen molar-refractivity contribution in [2.45, 2.75) is 19.6 Å². The first-order valence-electron chi connectivity index (χ1n) is 6.26. The van der Waals surface area contributed by atoms with Gasteiger partial charge in [-0.2, -0.15) is 0 Å². The molecule has 19 heavy (non-hydrogen) atoms. The molecule has 0 fully saturated rings. The molecule has 2 heterocycles. The standard InChI is InChI=1S/C12H15BN4O2/c18-13(19)11-3-1-10(2-4-11)7-16-5-6-17-9-14-15-12(17)8-16/h1-4,9,18-19H,5-8H2. The van der Waals surface area contributed by atoms with Crippen molar-refractivity contribution in [3.8, 4) is 0 Å². The molecule has 0 atom stereocenters. The Morgan fingerprint density at radius 3 is 2.68 bits per heavy atom. The molecule has 98 valence electrons. The van der Waals surface area contributed by atoms with Crippen molar-refractivity contribution in [1.29, 1.82) is 0 Å². The molecule has 7 heteroatoms. The van der Waals surface area contributed by atoms with Gasteiger partial charge in [0.15, 0.2) is 0 Å². The fraction of sp³-hybridized carbons (Fsp3) is 0.333. The second-order valence-corrected chi connectivity index (χ2v) is 4.77. The van der Waals surface area contributed by atoms with Crippen LogP contribution in [0.25, 0.3) is 0 Å². The molecule has 1 aliphatic heterocycles. The van der Waals surface area contributed by atoms with E-state index >= 15 is 0 Å². The summed E-state index contributed by atoms with van der Waals surface area (Å²) in [5.41, 5.74) is 1.67. The number of hydrogen-bond acceptors (Lipinski definition) is 5. The number of fused-ring (bicyclic) bond motifs is 1. The Morgan fingerprint density at radius 1 is 1.16 bits per heavy atom. The first-order valence-corrected chi connectivity index (χ1v) is 6.26. The molecule has 2 N–H and O–H groups in total. The minimum Gasteiger partial charge on any atom is -0.423 e. The summed E-state index contributed by atoms with van der Waals surface area (Å²) in [6.07, 6.45) is 1.77. The van der Waals surface area contributed by atoms with Crippen molar-refractivity contribution in [1.82, 2.24) is 19.7 Å². The van der Waals surface area contributed by atoms with Gasteiger partial charge in [-0.05, 0) is 11.0 Å². The van der Waals surface area contributed by atoms with Gasteiger partial charge in [-0.15, -0.1) is 10.2 Å². The van der Waals surface area contributed by atoms with Crippen molar-refractivity contribution in [3.63, 3.8) is 0 Å². The van der Waals surface area contributed by atoms with Crippen LogP contribution in [0.1, 0.15) is 11.4 Å². The second kappa shape index (κ2) is 5.12. The van der Waals surface area contributed by atoms with E-state index in [1.54, 1.807) is 18.5 Å². The van der Waals surface area contributed by atoms with E-state index in [0.29, 0.717) is 5.46 Å². The summed E-state index contributed by atoms with van der Waals surface area (Å²) in [6, 6.07) is 7.33. The van der Waals surface area contributed by atoms with Gasteiger partial charge in [-0.1, -0.05) is 24.3 Å². The Balaban J connectivity index is 1.66. The van der Waals surface area contributed by atoms with Crippen LogP contribution in [0.3, 0.4) is 0 Å². The lowest BCUT2D eigenvalue weighted by Crippen LogP contribution is -2.33. The van der Waals surface area contributed by atoms with Gasteiger partial charge >= 0.3 is 7.12 Å². The molecule has 1 aromatic heterocycles. The molecule has 0 saturated carbocycles. The molecule has 2 aromatic rings. The van der Waals surface area contributed by atoms with Gasteiger partial charge in [-0.3, -0.25) is 4.90 Å². The van der Waals surface area contributed by atoms with Gasteiger partial charge in [0.05, 0.1) is 6.54 Å². The van der Waals surface area contributed by atoms with Crippen molar-refractivity contribution in [2.24, 2.45) is 0 Å². The van der Waals surface area contributed by atoms with Crippen molar-refractivity contribution in [2.75, 3.05) is 6.54 Å². The summed E-state index contributed by atoms with van der Waals surface area (Å²) in [5, 5.41) is 26.1. The summed E-state index contributed by atoms with van der Waals surface area (Å²) in [7, 11) is -1.40. The maximum Gasteiger partial charge on any atom is 0.488 e. The highest BCUT2D eigenvalue weighted by molar-refractivity contribution is 6.58. The van der Waals surface area contributed by atoms with E-state index in [1.165, 1.54) is 0 Å². The maximum atomic E-state index is 9.05. The summed E-state index contributed by atoms with van der Waals surface area (Å²) in [5.74, 6) is 0.994. The molecule has 6 nitrogen and oxygen atoms in total. The molecule has 1 aromatic carbocycles. The predicted molar refractivity (Wildman–Crippen MR) is 70.4 cm³/mol. The highest BCUT2D eigenvalue weighted by Gasteiger charge is 2.17. The Kier molecular flexibility index (Phi) is 3.33. The summed E-state index contributed by atoms with van der Waals surface area (Å²) in [4.78, 5) is 2.30. The average Bonchev–Trinajstić information content (AvgIpc) is 2.87. The van der Waals surface area contributed by atoms with Crippen molar-refractivity contribution in [3.05, 3.63) is 42.0 Å². The van der Waals surface area contributed by atoms with Gasteiger partial charge in [0.2, 0.25) is 0 Å². The lowest BCUT2D eigenvalue weighted by Gasteiger charge is -2.26. The molecule has 0 bridgehead atoms. The van der Waals surface area contributed by atoms with Crippen LogP contribution in [-0.4, -0.2) is 43.4 Å². The topological polar surface area (TPSA) is 74.4 Å². The number of nitrogens with zero attached hydrogens (tertiary/aromatic N) is 4. The zero-order valence-corrected chi connectivity index (χ0v) is 10.5. The van der Waals surface area contributed by atoms with E-state index in [-0.39, 0.29) is 0 Å². The van der Waals surface area contributed by atoms with E-state index in [9.17, 15) is 0 Å². The highest BCUT2D eigenvalue weighted by atomic mass is 16.4. The van der Waals surface area contributed by atoms with Gasteiger partial charge < -0.3 is 14.6 Å². The quantitative estimate of drug-likeness (QED) is 0.689. The minimum absolute atomic E-state index is 0.516. The van der Waals surface area contributed by atoms with Crippen LogP contribution in [-0.2, 0) is 19.6 Å². The highest BCUT2D eigenvalue weighted by Crippen LogP contribution is 2.12. The van der Waals surface area contributed by atoms with E-state index in [1.807, 2.05) is 12.1 Å². The monoisotopic (exact) mass is 258 g/mol. The molecule has 0 spiro atoms. The van der Waals surface area contributed by atoms with Crippen LogP contribution in [0.15, 0.2) is 30.6 Å². The third kappa shape index (κ3) is 2.68. The minimum atomic E-state index is -1.40. The fourth-order valence-electron chi connectivity index (χ4n) is 2.30. The zero-order chi connectivity index (χ0) is 13.2. The molecule has 0 radical (unpaired) electrons. The summed E-state index contributed by atoms with van der Waals surface area (Å²) in [6.45, 7) is 3.50. The van der Waals surface area contributed by atoms with Crippen LogP contribution >= 0.6 is 0 Å². The van der Waals surface area contributed by atoms with E-state index in [0.717, 1.165) is 37.6 Å². The zero-order valence-electron chi connectivity index (χ0n) is 10.5. The number of benzene rings is 1.